The van der Waals surface area contributed by atoms with Gasteiger partial charge >= 0.3 is 0 Å². The lowest BCUT2D eigenvalue weighted by Gasteiger charge is -2.40. The normalized spacial score (nSPS) is 26.4. The van der Waals surface area contributed by atoms with Crippen LogP contribution in [0.4, 0.5) is 8.78 Å². The van der Waals surface area contributed by atoms with E-state index in [-0.39, 0.29) is 11.3 Å². The summed E-state index contributed by atoms with van der Waals surface area (Å²) < 4.78 is 27.5. The van der Waals surface area contributed by atoms with Gasteiger partial charge in [0.15, 0.2) is 11.6 Å². The first kappa shape index (κ1) is 18.6. The van der Waals surface area contributed by atoms with Gasteiger partial charge in [0, 0.05) is 42.7 Å². The van der Waals surface area contributed by atoms with Gasteiger partial charge in [-0.15, -0.1) is 0 Å². The molecule has 1 aromatic carbocycles. The van der Waals surface area contributed by atoms with Gasteiger partial charge in [-0.2, -0.15) is 0 Å². The zero-order valence-corrected chi connectivity index (χ0v) is 15.9. The van der Waals surface area contributed by atoms with E-state index in [9.17, 15) is 13.6 Å². The molecule has 2 saturated heterocycles. The van der Waals surface area contributed by atoms with Gasteiger partial charge in [-0.05, 0) is 57.6 Å². The molecule has 27 heavy (non-hydrogen) atoms. The van der Waals surface area contributed by atoms with Crippen molar-refractivity contribution >= 4 is 5.91 Å². The smallest absolute Gasteiger partial charge is 0.249 e. The Labute approximate surface area is 160 Å². The van der Waals surface area contributed by atoms with Crippen LogP contribution in [0.15, 0.2) is 29.8 Å². The lowest BCUT2D eigenvalue weighted by molar-refractivity contribution is -0.127. The van der Waals surface area contributed by atoms with E-state index in [1.807, 2.05) is 4.90 Å². The number of rotatable bonds is 3. The first-order valence-electron chi connectivity index (χ1n) is 10.2. The molecule has 1 spiro atoms. The van der Waals surface area contributed by atoms with E-state index >= 15 is 0 Å². The van der Waals surface area contributed by atoms with E-state index in [2.05, 4.69) is 11.0 Å². The van der Waals surface area contributed by atoms with Crippen molar-refractivity contribution in [3.63, 3.8) is 0 Å². The Morgan fingerprint density at radius 1 is 1.07 bits per heavy atom. The van der Waals surface area contributed by atoms with Crippen LogP contribution in [0.25, 0.3) is 0 Å². The van der Waals surface area contributed by atoms with E-state index in [1.165, 1.54) is 6.42 Å². The van der Waals surface area contributed by atoms with Gasteiger partial charge in [0.1, 0.15) is 0 Å². The Bertz CT molecular complexity index is 748. The maximum absolute atomic E-state index is 14.0. The number of likely N-dealkylation sites (tertiary alicyclic amines) is 2. The van der Waals surface area contributed by atoms with Crippen LogP contribution >= 0.6 is 0 Å². The van der Waals surface area contributed by atoms with Crippen molar-refractivity contribution in [3.05, 3.63) is 47.0 Å². The van der Waals surface area contributed by atoms with Gasteiger partial charge in [-0.3, -0.25) is 9.69 Å². The van der Waals surface area contributed by atoms with Crippen LogP contribution in [-0.2, 0) is 11.3 Å². The number of piperidine rings is 1. The molecule has 3 aliphatic rings. The van der Waals surface area contributed by atoms with Crippen molar-refractivity contribution in [2.45, 2.75) is 51.5 Å². The van der Waals surface area contributed by atoms with Crippen LogP contribution in [-0.4, -0.2) is 41.9 Å². The summed E-state index contributed by atoms with van der Waals surface area (Å²) in [5, 5.41) is 0. The highest BCUT2D eigenvalue weighted by molar-refractivity contribution is 5.93. The first-order chi connectivity index (χ1) is 13.1. The number of carbonyl (C=O) groups excluding carboxylic acids is 1. The van der Waals surface area contributed by atoms with Crippen molar-refractivity contribution in [2.24, 2.45) is 5.41 Å². The second kappa shape index (κ2) is 7.70. The Balaban J connectivity index is 1.41. The van der Waals surface area contributed by atoms with Crippen molar-refractivity contribution < 1.29 is 13.6 Å². The number of nitrogens with zero attached hydrogens (tertiary/aromatic N) is 2. The standard InChI is InChI=1S/C22H28F2N2O/c23-19-9-4-8-18(20(19)24)14-25-12-5-10-22(15-25)11-13-26(16-22)21(27)17-6-2-1-3-7-17/h4,6,8-9H,1-3,5,7,10-16H2/t22-/m0/s1. The summed E-state index contributed by atoms with van der Waals surface area (Å²) in [6.45, 7) is 3.80. The summed E-state index contributed by atoms with van der Waals surface area (Å²) in [6.07, 6.45) is 9.51. The molecule has 1 amide bonds. The highest BCUT2D eigenvalue weighted by Crippen LogP contribution is 2.40. The lowest BCUT2D eigenvalue weighted by Crippen LogP contribution is -2.45. The molecule has 1 aromatic rings. The van der Waals surface area contributed by atoms with Gasteiger partial charge in [-0.1, -0.05) is 18.2 Å². The zero-order valence-electron chi connectivity index (χ0n) is 15.9. The predicted molar refractivity (Wildman–Crippen MR) is 101 cm³/mol. The van der Waals surface area contributed by atoms with Crippen LogP contribution in [0.5, 0.6) is 0 Å². The molecule has 1 aliphatic carbocycles. The van der Waals surface area contributed by atoms with Gasteiger partial charge in [-0.25, -0.2) is 8.78 Å². The lowest BCUT2D eigenvalue weighted by atomic mass is 9.79. The average Bonchev–Trinajstić information content (AvgIpc) is 3.09. The summed E-state index contributed by atoms with van der Waals surface area (Å²) >= 11 is 0. The highest BCUT2D eigenvalue weighted by Gasteiger charge is 2.43. The molecule has 0 radical (unpaired) electrons. The molecular formula is C22H28F2N2O. The molecule has 4 rings (SSSR count). The fourth-order valence-corrected chi connectivity index (χ4v) is 5.03. The van der Waals surface area contributed by atoms with Crippen LogP contribution < -0.4 is 0 Å². The van der Waals surface area contributed by atoms with Crippen LogP contribution in [0, 0.1) is 17.0 Å². The molecule has 0 bridgehead atoms. The predicted octanol–water partition coefficient (Wildman–Crippen LogP) is 4.28. The third-order valence-electron chi connectivity index (χ3n) is 6.46. The summed E-state index contributed by atoms with van der Waals surface area (Å²) in [5.74, 6) is -1.29. The van der Waals surface area contributed by atoms with E-state index in [4.69, 9.17) is 0 Å². The monoisotopic (exact) mass is 374 g/mol. The minimum absolute atomic E-state index is 0.104. The van der Waals surface area contributed by atoms with Crippen LogP contribution in [0.2, 0.25) is 0 Å². The summed E-state index contributed by atoms with van der Waals surface area (Å²) in [4.78, 5) is 17.1. The molecule has 2 heterocycles. The molecule has 2 aliphatic heterocycles. The quantitative estimate of drug-likeness (QED) is 0.788. The summed E-state index contributed by atoms with van der Waals surface area (Å²) in [7, 11) is 0. The largest absolute Gasteiger partial charge is 0.338 e. The zero-order chi connectivity index (χ0) is 18.9. The van der Waals surface area contributed by atoms with E-state index in [0.29, 0.717) is 12.1 Å². The van der Waals surface area contributed by atoms with Crippen molar-refractivity contribution in [3.8, 4) is 0 Å². The molecule has 0 N–H and O–H groups in total. The van der Waals surface area contributed by atoms with Gasteiger partial charge in [0.05, 0.1) is 0 Å². The molecule has 3 nitrogen and oxygen atoms in total. The van der Waals surface area contributed by atoms with E-state index in [1.54, 1.807) is 12.1 Å². The van der Waals surface area contributed by atoms with Crippen LogP contribution in [0.1, 0.15) is 50.5 Å². The van der Waals surface area contributed by atoms with E-state index < -0.39 is 11.6 Å². The number of allylic oxidation sites excluding steroid dienone is 1. The number of hydrogen-bond acceptors (Lipinski definition) is 2. The Kier molecular flexibility index (Phi) is 5.31. The Morgan fingerprint density at radius 2 is 1.96 bits per heavy atom. The molecule has 0 saturated carbocycles. The second-order valence-corrected chi connectivity index (χ2v) is 8.48. The SMILES string of the molecule is O=C(C1=CCCCC1)N1CC[C@]2(CCCN(Cc3cccc(F)c3F)C2)C1. The highest BCUT2D eigenvalue weighted by atomic mass is 19.2. The van der Waals surface area contributed by atoms with Crippen molar-refractivity contribution in [1.29, 1.82) is 0 Å². The Hall–Kier alpha value is -1.75. The summed E-state index contributed by atoms with van der Waals surface area (Å²) in [6, 6.07) is 4.40. The molecule has 0 aromatic heterocycles. The van der Waals surface area contributed by atoms with Crippen LogP contribution in [0.3, 0.4) is 0 Å². The minimum atomic E-state index is -0.780. The number of hydrogen-bond donors (Lipinski definition) is 0. The molecule has 0 unspecified atom stereocenters. The molecule has 1 atom stereocenters. The molecule has 2 fully saturated rings. The Morgan fingerprint density at radius 3 is 2.78 bits per heavy atom. The molecular weight excluding hydrogens is 346 g/mol. The second-order valence-electron chi connectivity index (χ2n) is 8.48. The fourth-order valence-electron chi connectivity index (χ4n) is 5.03. The molecule has 146 valence electrons. The maximum Gasteiger partial charge on any atom is 0.249 e. The first-order valence-corrected chi connectivity index (χ1v) is 10.2. The van der Waals surface area contributed by atoms with Gasteiger partial charge in [0.2, 0.25) is 5.91 Å². The van der Waals surface area contributed by atoms with Crippen molar-refractivity contribution in [2.75, 3.05) is 26.2 Å². The fraction of sp³-hybridized carbons (Fsp3) is 0.591. The van der Waals surface area contributed by atoms with Gasteiger partial charge < -0.3 is 4.90 Å². The summed E-state index contributed by atoms with van der Waals surface area (Å²) in [5.41, 5.74) is 1.52. The number of carbonyl (C=O) groups is 1. The van der Waals surface area contributed by atoms with Crippen molar-refractivity contribution in [1.82, 2.24) is 9.80 Å². The maximum atomic E-state index is 14.0. The third kappa shape index (κ3) is 3.93. The van der Waals surface area contributed by atoms with E-state index in [0.717, 1.165) is 76.3 Å². The number of halogens is 2. The minimum Gasteiger partial charge on any atom is -0.338 e. The topological polar surface area (TPSA) is 23.6 Å². The molecule has 5 heteroatoms. The number of benzene rings is 1. The van der Waals surface area contributed by atoms with Gasteiger partial charge in [0.25, 0.3) is 0 Å². The third-order valence-corrected chi connectivity index (χ3v) is 6.46. The number of amides is 1. The average molecular weight is 374 g/mol.